The van der Waals surface area contributed by atoms with Crippen LogP contribution in [-0.4, -0.2) is 29.6 Å². The second-order valence-electron chi connectivity index (χ2n) is 6.63. The van der Waals surface area contributed by atoms with Gasteiger partial charge in [-0.25, -0.2) is 0 Å². The van der Waals surface area contributed by atoms with E-state index in [4.69, 9.17) is 0 Å². The molecule has 0 saturated heterocycles. The van der Waals surface area contributed by atoms with Gasteiger partial charge in [0.1, 0.15) is 5.75 Å². The number of aromatic hydroxyl groups is 1. The maximum absolute atomic E-state index is 12.5. The number of phenols is 1. The number of carbonyl (C=O) groups excluding carboxylic acids is 1. The van der Waals surface area contributed by atoms with Crippen molar-refractivity contribution in [1.29, 1.82) is 0 Å². The minimum atomic E-state index is -0.275. The summed E-state index contributed by atoms with van der Waals surface area (Å²) >= 11 is 0. The molecule has 0 radical (unpaired) electrons. The first-order valence-electron chi connectivity index (χ1n) is 8.90. The number of hydrogen-bond acceptors (Lipinski definition) is 3. The lowest BCUT2D eigenvalue weighted by atomic mass is 10.0. The van der Waals surface area contributed by atoms with Gasteiger partial charge in [-0.1, -0.05) is 42.5 Å². The Kier molecular flexibility index (Phi) is 7.48. The van der Waals surface area contributed by atoms with Crippen LogP contribution in [0.1, 0.15) is 31.4 Å². The second kappa shape index (κ2) is 9.84. The van der Waals surface area contributed by atoms with Gasteiger partial charge >= 0.3 is 0 Å². The molecule has 0 fully saturated rings. The highest BCUT2D eigenvalue weighted by Crippen LogP contribution is 2.12. The van der Waals surface area contributed by atoms with Crippen molar-refractivity contribution < 1.29 is 9.90 Å². The van der Waals surface area contributed by atoms with Crippen LogP contribution < -0.4 is 10.6 Å². The number of amides is 1. The van der Waals surface area contributed by atoms with Crippen LogP contribution in [0.2, 0.25) is 0 Å². The molecule has 0 spiro atoms. The molecular formula is C21H28N2O2. The molecular weight excluding hydrogens is 312 g/mol. The van der Waals surface area contributed by atoms with Gasteiger partial charge in [-0.3, -0.25) is 4.79 Å². The summed E-state index contributed by atoms with van der Waals surface area (Å²) in [6, 6.07) is 17.2. The van der Waals surface area contributed by atoms with Gasteiger partial charge in [0.15, 0.2) is 0 Å². The Morgan fingerprint density at radius 2 is 1.68 bits per heavy atom. The number of nitrogens with one attached hydrogen (secondary N) is 2. The first-order valence-corrected chi connectivity index (χ1v) is 8.90. The number of phenolic OH excluding ortho intramolecular Hbond substituents is 1. The molecule has 0 bridgehead atoms. The third-order valence-electron chi connectivity index (χ3n) is 4.00. The van der Waals surface area contributed by atoms with E-state index in [2.05, 4.69) is 22.8 Å². The second-order valence-corrected chi connectivity index (χ2v) is 6.63. The summed E-state index contributed by atoms with van der Waals surface area (Å²) in [6.07, 6.45) is 2.57. The van der Waals surface area contributed by atoms with E-state index >= 15 is 0 Å². The Bertz CT molecular complexity index is 639. The first-order chi connectivity index (χ1) is 12.0. The third-order valence-corrected chi connectivity index (χ3v) is 4.00. The van der Waals surface area contributed by atoms with Gasteiger partial charge in [-0.2, -0.15) is 0 Å². The minimum Gasteiger partial charge on any atom is -0.508 e. The van der Waals surface area contributed by atoms with Crippen molar-refractivity contribution in [2.75, 3.05) is 6.54 Å². The van der Waals surface area contributed by atoms with Crippen molar-refractivity contribution in [2.24, 2.45) is 0 Å². The summed E-state index contributed by atoms with van der Waals surface area (Å²) in [5, 5.41) is 15.8. The van der Waals surface area contributed by atoms with Gasteiger partial charge in [0.2, 0.25) is 5.91 Å². The van der Waals surface area contributed by atoms with E-state index in [1.165, 1.54) is 5.56 Å². The summed E-state index contributed by atoms with van der Waals surface area (Å²) in [4.78, 5) is 12.5. The molecule has 2 aromatic rings. The molecule has 0 aliphatic heterocycles. The molecule has 1 atom stereocenters. The van der Waals surface area contributed by atoms with Gasteiger partial charge in [0.25, 0.3) is 0 Å². The summed E-state index contributed by atoms with van der Waals surface area (Å²) in [5.74, 6) is 0.255. The minimum absolute atomic E-state index is 0.0165. The van der Waals surface area contributed by atoms with E-state index in [0.717, 1.165) is 24.9 Å². The Morgan fingerprint density at radius 1 is 1.00 bits per heavy atom. The van der Waals surface area contributed by atoms with Crippen LogP contribution in [0.5, 0.6) is 5.75 Å². The lowest BCUT2D eigenvalue weighted by Crippen LogP contribution is -2.48. The highest BCUT2D eigenvalue weighted by Gasteiger charge is 2.18. The Hall–Kier alpha value is -2.33. The normalized spacial score (nSPS) is 12.1. The lowest BCUT2D eigenvalue weighted by Gasteiger charge is -2.20. The third kappa shape index (κ3) is 6.98. The largest absolute Gasteiger partial charge is 0.508 e. The SMILES string of the molecule is CC(C)NC(=O)[C@H](Cc1ccc(O)cc1)NCCCc1ccccc1. The first kappa shape index (κ1) is 19.0. The lowest BCUT2D eigenvalue weighted by molar-refractivity contribution is -0.123. The number of hydrogen-bond donors (Lipinski definition) is 3. The average molecular weight is 340 g/mol. The number of benzene rings is 2. The molecule has 0 heterocycles. The van der Waals surface area contributed by atoms with Gasteiger partial charge in [0.05, 0.1) is 6.04 Å². The summed E-state index contributed by atoms with van der Waals surface area (Å²) < 4.78 is 0. The molecule has 0 aliphatic rings. The zero-order valence-corrected chi connectivity index (χ0v) is 15.0. The van der Waals surface area contributed by atoms with E-state index < -0.39 is 0 Å². The highest BCUT2D eigenvalue weighted by molar-refractivity contribution is 5.82. The van der Waals surface area contributed by atoms with E-state index in [9.17, 15) is 9.90 Å². The Morgan fingerprint density at radius 3 is 2.32 bits per heavy atom. The van der Waals surface area contributed by atoms with Gasteiger partial charge in [-0.15, -0.1) is 0 Å². The van der Waals surface area contributed by atoms with E-state index in [1.54, 1.807) is 12.1 Å². The smallest absolute Gasteiger partial charge is 0.237 e. The summed E-state index contributed by atoms with van der Waals surface area (Å²) in [7, 11) is 0. The van der Waals surface area contributed by atoms with Crippen LogP contribution in [0, 0.1) is 0 Å². The van der Waals surface area contributed by atoms with Crippen LogP contribution in [0.3, 0.4) is 0 Å². The van der Waals surface area contributed by atoms with Crippen molar-refractivity contribution in [3.05, 3.63) is 65.7 Å². The van der Waals surface area contributed by atoms with Crippen molar-refractivity contribution in [2.45, 2.75) is 45.2 Å². The monoisotopic (exact) mass is 340 g/mol. The molecule has 2 rings (SSSR count). The molecule has 0 aromatic heterocycles. The van der Waals surface area contributed by atoms with E-state index in [0.29, 0.717) is 6.42 Å². The highest BCUT2D eigenvalue weighted by atomic mass is 16.3. The van der Waals surface area contributed by atoms with Crippen molar-refractivity contribution in [3.8, 4) is 5.75 Å². The van der Waals surface area contributed by atoms with Gasteiger partial charge in [0, 0.05) is 6.04 Å². The van der Waals surface area contributed by atoms with Gasteiger partial charge in [-0.05, 0) is 62.9 Å². The Labute approximate surface area is 150 Å². The van der Waals surface area contributed by atoms with Crippen LogP contribution >= 0.6 is 0 Å². The van der Waals surface area contributed by atoms with Crippen molar-refractivity contribution in [3.63, 3.8) is 0 Å². The molecule has 25 heavy (non-hydrogen) atoms. The molecule has 4 nitrogen and oxygen atoms in total. The fourth-order valence-corrected chi connectivity index (χ4v) is 2.72. The number of rotatable bonds is 9. The molecule has 134 valence electrons. The van der Waals surface area contributed by atoms with Crippen LogP contribution in [0.4, 0.5) is 0 Å². The van der Waals surface area contributed by atoms with Crippen LogP contribution in [0.15, 0.2) is 54.6 Å². The number of carbonyl (C=O) groups is 1. The van der Waals surface area contributed by atoms with Gasteiger partial charge < -0.3 is 15.7 Å². The summed E-state index contributed by atoms with van der Waals surface area (Å²) in [5.41, 5.74) is 2.34. The molecule has 0 unspecified atom stereocenters. The Balaban J connectivity index is 1.89. The van der Waals surface area contributed by atoms with Crippen molar-refractivity contribution >= 4 is 5.91 Å². The van der Waals surface area contributed by atoms with E-state index in [1.807, 2.05) is 44.2 Å². The molecule has 1 amide bonds. The van der Waals surface area contributed by atoms with E-state index in [-0.39, 0.29) is 23.7 Å². The van der Waals surface area contributed by atoms with Crippen LogP contribution in [0.25, 0.3) is 0 Å². The fraction of sp³-hybridized carbons (Fsp3) is 0.381. The molecule has 0 aliphatic carbocycles. The topological polar surface area (TPSA) is 61.4 Å². The molecule has 2 aromatic carbocycles. The molecule has 4 heteroatoms. The molecule has 0 saturated carbocycles. The predicted molar refractivity (Wildman–Crippen MR) is 102 cm³/mol. The number of aryl methyl sites for hydroxylation is 1. The maximum atomic E-state index is 12.5. The van der Waals surface area contributed by atoms with Crippen molar-refractivity contribution in [1.82, 2.24) is 10.6 Å². The zero-order chi connectivity index (χ0) is 18.1. The fourth-order valence-electron chi connectivity index (χ4n) is 2.72. The standard InChI is InChI=1S/C21H28N2O2/c1-16(2)23-21(25)20(15-18-10-12-19(24)13-11-18)22-14-6-9-17-7-4-3-5-8-17/h3-5,7-8,10-13,16,20,22,24H,6,9,14-15H2,1-2H3,(H,23,25)/t20-/m0/s1. The summed E-state index contributed by atoms with van der Waals surface area (Å²) in [6.45, 7) is 4.71. The maximum Gasteiger partial charge on any atom is 0.237 e. The average Bonchev–Trinajstić information content (AvgIpc) is 2.59. The predicted octanol–water partition coefficient (Wildman–Crippen LogP) is 3.05. The molecule has 3 N–H and O–H groups in total. The van der Waals surface area contributed by atoms with Crippen LogP contribution in [-0.2, 0) is 17.6 Å². The quantitative estimate of drug-likeness (QED) is 0.615. The zero-order valence-electron chi connectivity index (χ0n) is 15.0.